The maximum atomic E-state index is 6.65. The van der Waals surface area contributed by atoms with Crippen molar-refractivity contribution in [3.8, 4) is 0 Å². The average molecular weight is 267 g/mol. The highest BCUT2D eigenvalue weighted by atomic mass is 15.2. The van der Waals surface area contributed by atoms with Gasteiger partial charge in [-0.2, -0.15) is 0 Å². The van der Waals surface area contributed by atoms with Crippen LogP contribution in [0.15, 0.2) is 0 Å². The SMILES string of the molecule is CC1CCCC(N)(CN2CCC(CN(C)C)CC2)C1. The van der Waals surface area contributed by atoms with Crippen LogP contribution in [0.5, 0.6) is 0 Å². The van der Waals surface area contributed by atoms with Crippen LogP contribution in [0.1, 0.15) is 45.4 Å². The van der Waals surface area contributed by atoms with Gasteiger partial charge in [0.25, 0.3) is 0 Å². The van der Waals surface area contributed by atoms with Gasteiger partial charge in [0.15, 0.2) is 0 Å². The van der Waals surface area contributed by atoms with Crippen molar-refractivity contribution in [3.05, 3.63) is 0 Å². The molecule has 2 unspecified atom stereocenters. The molecule has 0 aromatic rings. The lowest BCUT2D eigenvalue weighted by Crippen LogP contribution is -2.54. The molecule has 0 aromatic heterocycles. The van der Waals surface area contributed by atoms with Gasteiger partial charge in [-0.05, 0) is 64.7 Å². The molecule has 112 valence electrons. The molecule has 2 aliphatic rings. The molecule has 2 rings (SSSR count). The summed E-state index contributed by atoms with van der Waals surface area (Å²) in [5.41, 5.74) is 6.75. The van der Waals surface area contributed by atoms with Crippen molar-refractivity contribution in [2.24, 2.45) is 17.6 Å². The molecule has 1 aliphatic heterocycles. The summed E-state index contributed by atoms with van der Waals surface area (Å²) in [6, 6.07) is 0. The zero-order valence-corrected chi connectivity index (χ0v) is 13.2. The molecular weight excluding hydrogens is 234 g/mol. The second-order valence-corrected chi connectivity index (χ2v) is 7.55. The fourth-order valence-electron chi connectivity index (χ4n) is 4.13. The summed E-state index contributed by atoms with van der Waals surface area (Å²) in [7, 11) is 4.37. The van der Waals surface area contributed by atoms with E-state index in [2.05, 4.69) is 30.8 Å². The third-order valence-corrected chi connectivity index (χ3v) is 5.00. The minimum Gasteiger partial charge on any atom is -0.324 e. The van der Waals surface area contributed by atoms with E-state index in [0.29, 0.717) is 0 Å². The van der Waals surface area contributed by atoms with Gasteiger partial charge in [-0.1, -0.05) is 19.8 Å². The molecule has 1 aliphatic carbocycles. The Balaban J connectivity index is 1.75. The normalized spacial score (nSPS) is 34.9. The second kappa shape index (κ2) is 6.55. The molecule has 1 saturated heterocycles. The van der Waals surface area contributed by atoms with Crippen molar-refractivity contribution in [2.75, 3.05) is 40.3 Å². The molecule has 0 radical (unpaired) electrons. The minimum absolute atomic E-state index is 0.103. The molecule has 2 atom stereocenters. The van der Waals surface area contributed by atoms with E-state index < -0.39 is 0 Å². The molecular formula is C16H33N3. The average Bonchev–Trinajstić information content (AvgIpc) is 2.30. The first-order valence-corrected chi connectivity index (χ1v) is 8.13. The zero-order chi connectivity index (χ0) is 13.9. The van der Waals surface area contributed by atoms with Crippen LogP contribution in [0, 0.1) is 11.8 Å². The van der Waals surface area contributed by atoms with Gasteiger partial charge in [-0.25, -0.2) is 0 Å². The summed E-state index contributed by atoms with van der Waals surface area (Å²) in [5, 5.41) is 0. The molecule has 0 bridgehead atoms. The van der Waals surface area contributed by atoms with E-state index >= 15 is 0 Å². The molecule has 0 spiro atoms. The van der Waals surface area contributed by atoms with Gasteiger partial charge in [0, 0.05) is 18.6 Å². The highest BCUT2D eigenvalue weighted by molar-refractivity contribution is 4.93. The highest BCUT2D eigenvalue weighted by Crippen LogP contribution is 2.32. The predicted octanol–water partition coefficient (Wildman–Crippen LogP) is 2.17. The fourth-order valence-corrected chi connectivity index (χ4v) is 4.13. The van der Waals surface area contributed by atoms with E-state index in [1.807, 2.05) is 0 Å². The van der Waals surface area contributed by atoms with Crippen LogP contribution >= 0.6 is 0 Å². The molecule has 3 nitrogen and oxygen atoms in total. The Kier molecular flexibility index (Phi) is 5.27. The molecule has 2 fully saturated rings. The molecule has 1 saturated carbocycles. The third kappa shape index (κ3) is 4.73. The van der Waals surface area contributed by atoms with Crippen molar-refractivity contribution in [2.45, 2.75) is 51.0 Å². The lowest BCUT2D eigenvalue weighted by molar-refractivity contribution is 0.108. The Labute approximate surface area is 119 Å². The number of nitrogens with two attached hydrogens (primary N) is 1. The van der Waals surface area contributed by atoms with E-state index in [0.717, 1.165) is 18.4 Å². The Bertz CT molecular complexity index is 271. The number of nitrogens with zero attached hydrogens (tertiary/aromatic N) is 2. The number of hydrogen-bond donors (Lipinski definition) is 1. The van der Waals surface area contributed by atoms with Crippen LogP contribution in [0.3, 0.4) is 0 Å². The van der Waals surface area contributed by atoms with Crippen molar-refractivity contribution in [1.29, 1.82) is 0 Å². The maximum absolute atomic E-state index is 6.65. The first kappa shape index (κ1) is 15.3. The topological polar surface area (TPSA) is 32.5 Å². The van der Waals surface area contributed by atoms with Crippen molar-refractivity contribution in [3.63, 3.8) is 0 Å². The summed E-state index contributed by atoms with van der Waals surface area (Å²) >= 11 is 0. The first-order chi connectivity index (χ1) is 8.97. The van der Waals surface area contributed by atoms with Gasteiger partial charge < -0.3 is 15.5 Å². The summed E-state index contributed by atoms with van der Waals surface area (Å²) in [6.45, 7) is 7.26. The summed E-state index contributed by atoms with van der Waals surface area (Å²) < 4.78 is 0. The summed E-state index contributed by atoms with van der Waals surface area (Å²) in [4.78, 5) is 4.96. The number of hydrogen-bond acceptors (Lipinski definition) is 3. The van der Waals surface area contributed by atoms with E-state index in [4.69, 9.17) is 5.73 Å². The number of likely N-dealkylation sites (tertiary alicyclic amines) is 1. The third-order valence-electron chi connectivity index (χ3n) is 5.00. The van der Waals surface area contributed by atoms with Crippen molar-refractivity contribution in [1.82, 2.24) is 9.80 Å². The number of piperidine rings is 1. The monoisotopic (exact) mass is 267 g/mol. The van der Waals surface area contributed by atoms with Gasteiger partial charge in [0.1, 0.15) is 0 Å². The standard InChI is InChI=1S/C16H33N3/c1-14-5-4-8-16(17,11-14)13-19-9-6-15(7-10-19)12-18(2)3/h14-15H,4-13,17H2,1-3H3. The zero-order valence-electron chi connectivity index (χ0n) is 13.2. The molecule has 2 N–H and O–H groups in total. The van der Waals surface area contributed by atoms with Gasteiger partial charge in [-0.3, -0.25) is 0 Å². The first-order valence-electron chi connectivity index (χ1n) is 8.13. The molecule has 1 heterocycles. The Morgan fingerprint density at radius 1 is 1.21 bits per heavy atom. The van der Waals surface area contributed by atoms with Crippen LogP contribution in [-0.4, -0.2) is 55.6 Å². The fraction of sp³-hybridized carbons (Fsp3) is 1.00. The van der Waals surface area contributed by atoms with Crippen molar-refractivity contribution < 1.29 is 0 Å². The second-order valence-electron chi connectivity index (χ2n) is 7.55. The molecule has 0 aromatic carbocycles. The van der Waals surface area contributed by atoms with Crippen LogP contribution in [0.2, 0.25) is 0 Å². The van der Waals surface area contributed by atoms with Gasteiger partial charge in [0.2, 0.25) is 0 Å². The lowest BCUT2D eigenvalue weighted by atomic mass is 9.76. The molecule has 3 heteroatoms. The summed E-state index contributed by atoms with van der Waals surface area (Å²) in [6.07, 6.45) is 7.87. The Morgan fingerprint density at radius 3 is 2.47 bits per heavy atom. The molecule has 19 heavy (non-hydrogen) atoms. The Morgan fingerprint density at radius 2 is 1.89 bits per heavy atom. The lowest BCUT2D eigenvalue weighted by Gasteiger charge is -2.42. The van der Waals surface area contributed by atoms with Crippen LogP contribution in [-0.2, 0) is 0 Å². The van der Waals surface area contributed by atoms with E-state index in [9.17, 15) is 0 Å². The number of rotatable bonds is 4. The quantitative estimate of drug-likeness (QED) is 0.847. The van der Waals surface area contributed by atoms with Crippen LogP contribution in [0.25, 0.3) is 0 Å². The van der Waals surface area contributed by atoms with E-state index in [1.54, 1.807) is 0 Å². The van der Waals surface area contributed by atoms with Crippen molar-refractivity contribution >= 4 is 0 Å². The molecule has 0 amide bonds. The van der Waals surface area contributed by atoms with Crippen LogP contribution < -0.4 is 5.73 Å². The smallest absolute Gasteiger partial charge is 0.0285 e. The van der Waals surface area contributed by atoms with Crippen LogP contribution in [0.4, 0.5) is 0 Å². The van der Waals surface area contributed by atoms with E-state index in [-0.39, 0.29) is 5.54 Å². The predicted molar refractivity (Wildman–Crippen MR) is 82.3 cm³/mol. The van der Waals surface area contributed by atoms with Gasteiger partial charge in [-0.15, -0.1) is 0 Å². The highest BCUT2D eigenvalue weighted by Gasteiger charge is 2.33. The maximum Gasteiger partial charge on any atom is 0.0285 e. The van der Waals surface area contributed by atoms with E-state index in [1.165, 1.54) is 58.2 Å². The minimum atomic E-state index is 0.103. The largest absolute Gasteiger partial charge is 0.324 e. The summed E-state index contributed by atoms with van der Waals surface area (Å²) in [5.74, 6) is 1.72. The Hall–Kier alpha value is -0.120. The van der Waals surface area contributed by atoms with Gasteiger partial charge in [0.05, 0.1) is 0 Å². The van der Waals surface area contributed by atoms with Gasteiger partial charge >= 0.3 is 0 Å².